The smallest absolute Gasteiger partial charge is 0.329 e. The molecule has 0 aliphatic rings. The molecule has 0 bridgehead atoms. The third kappa shape index (κ3) is 4.59. The molecule has 4 nitrogen and oxygen atoms in total. The van der Waals surface area contributed by atoms with Crippen LogP contribution in [0.5, 0.6) is 0 Å². The highest BCUT2D eigenvalue weighted by Gasteiger charge is 2.33. The summed E-state index contributed by atoms with van der Waals surface area (Å²) in [7, 11) is 0. The number of carboxylic acids is 1. The van der Waals surface area contributed by atoms with Crippen molar-refractivity contribution in [3.8, 4) is 0 Å². The van der Waals surface area contributed by atoms with Gasteiger partial charge in [-0.1, -0.05) is 51.1 Å². The summed E-state index contributed by atoms with van der Waals surface area (Å²) in [5, 5.41) is 11.9. The van der Waals surface area contributed by atoms with Crippen molar-refractivity contribution in [2.45, 2.75) is 52.0 Å². The molecule has 1 aromatic rings. The molecule has 0 spiro atoms. The summed E-state index contributed by atoms with van der Waals surface area (Å²) in [6.45, 7) is 7.44. The van der Waals surface area contributed by atoms with Gasteiger partial charge in [-0.15, -0.1) is 0 Å². The van der Waals surface area contributed by atoms with Crippen LogP contribution in [0.3, 0.4) is 0 Å². The van der Waals surface area contributed by atoms with Crippen LogP contribution in [0.1, 0.15) is 52.0 Å². The highest BCUT2D eigenvalue weighted by Crippen LogP contribution is 2.28. The first-order chi connectivity index (χ1) is 9.80. The van der Waals surface area contributed by atoms with E-state index in [1.54, 1.807) is 13.8 Å². The molecule has 0 fully saturated rings. The summed E-state index contributed by atoms with van der Waals surface area (Å²) in [5.41, 5.74) is -0.0915. The molecular formula is C17H25NO3. The normalized spacial score (nSPS) is 15.3. The largest absolute Gasteiger partial charge is 0.480 e. The monoisotopic (exact) mass is 291 g/mol. The Morgan fingerprint density at radius 2 is 1.81 bits per heavy atom. The second-order valence-corrected chi connectivity index (χ2v) is 6.00. The van der Waals surface area contributed by atoms with Gasteiger partial charge in [0.1, 0.15) is 5.54 Å². The fourth-order valence-electron chi connectivity index (χ4n) is 2.29. The van der Waals surface area contributed by atoms with Crippen LogP contribution in [0.4, 0.5) is 0 Å². The van der Waals surface area contributed by atoms with E-state index in [9.17, 15) is 14.7 Å². The Kier molecular flexibility index (Phi) is 5.94. The van der Waals surface area contributed by atoms with E-state index in [0.29, 0.717) is 18.8 Å². The number of hydrogen-bond acceptors (Lipinski definition) is 2. The quantitative estimate of drug-likeness (QED) is 0.810. The molecule has 116 valence electrons. The summed E-state index contributed by atoms with van der Waals surface area (Å²) in [6.07, 6.45) is 0.649. The van der Waals surface area contributed by atoms with E-state index >= 15 is 0 Å². The number of nitrogens with one attached hydrogen (secondary N) is 1. The van der Waals surface area contributed by atoms with E-state index in [1.807, 2.05) is 30.3 Å². The minimum atomic E-state index is -1.20. The molecule has 0 aliphatic carbocycles. The van der Waals surface area contributed by atoms with Crippen LogP contribution in [-0.4, -0.2) is 22.5 Å². The van der Waals surface area contributed by atoms with Crippen LogP contribution in [0.15, 0.2) is 30.3 Å². The van der Waals surface area contributed by atoms with E-state index in [0.717, 1.165) is 5.56 Å². The van der Waals surface area contributed by atoms with Crippen LogP contribution in [0.25, 0.3) is 0 Å². The van der Waals surface area contributed by atoms with Crippen LogP contribution < -0.4 is 5.32 Å². The Bertz CT molecular complexity index is 484. The number of carboxylic acid groups (broad SMARTS) is 1. The Labute approximate surface area is 126 Å². The Morgan fingerprint density at radius 3 is 2.24 bits per heavy atom. The van der Waals surface area contributed by atoms with E-state index in [2.05, 4.69) is 19.2 Å². The zero-order valence-corrected chi connectivity index (χ0v) is 13.2. The van der Waals surface area contributed by atoms with E-state index in [-0.39, 0.29) is 11.8 Å². The number of benzene rings is 1. The average molecular weight is 291 g/mol. The number of aliphatic carboxylic acids is 1. The first kappa shape index (κ1) is 17.2. The lowest BCUT2D eigenvalue weighted by atomic mass is 9.85. The van der Waals surface area contributed by atoms with E-state index in [1.165, 1.54) is 0 Å². The predicted molar refractivity (Wildman–Crippen MR) is 83.1 cm³/mol. The van der Waals surface area contributed by atoms with Gasteiger partial charge < -0.3 is 10.4 Å². The minimum absolute atomic E-state index is 0.0844. The van der Waals surface area contributed by atoms with Gasteiger partial charge in [0.25, 0.3) is 0 Å². The molecule has 0 saturated carbocycles. The fourth-order valence-corrected chi connectivity index (χ4v) is 2.29. The Morgan fingerprint density at radius 1 is 1.24 bits per heavy atom. The van der Waals surface area contributed by atoms with Gasteiger partial charge >= 0.3 is 5.97 Å². The zero-order valence-electron chi connectivity index (χ0n) is 13.2. The summed E-state index contributed by atoms with van der Waals surface area (Å²) in [6, 6.07) is 9.87. The highest BCUT2D eigenvalue weighted by atomic mass is 16.4. The van der Waals surface area contributed by atoms with Gasteiger partial charge in [-0.3, -0.25) is 4.79 Å². The molecule has 21 heavy (non-hydrogen) atoms. The lowest BCUT2D eigenvalue weighted by Crippen LogP contribution is -2.52. The third-order valence-electron chi connectivity index (χ3n) is 4.03. The molecule has 0 aliphatic heterocycles. The minimum Gasteiger partial charge on any atom is -0.480 e. The summed E-state index contributed by atoms with van der Waals surface area (Å²) >= 11 is 0. The summed E-state index contributed by atoms with van der Waals surface area (Å²) in [5.74, 6) is -0.833. The molecule has 2 atom stereocenters. The molecule has 1 amide bonds. The summed E-state index contributed by atoms with van der Waals surface area (Å²) < 4.78 is 0. The molecule has 0 heterocycles. The maximum absolute atomic E-state index is 12.2. The second kappa shape index (κ2) is 7.25. The van der Waals surface area contributed by atoms with Gasteiger partial charge in [-0.2, -0.15) is 0 Å². The van der Waals surface area contributed by atoms with Gasteiger partial charge in [-0.25, -0.2) is 4.79 Å². The van der Waals surface area contributed by atoms with Gasteiger partial charge in [0.2, 0.25) is 5.91 Å². The SMILES string of the molecule is CCC(C)(NC(=O)CC(c1ccccc1)C(C)C)C(=O)O. The molecule has 0 saturated heterocycles. The van der Waals surface area contributed by atoms with Gasteiger partial charge in [0.05, 0.1) is 0 Å². The lowest BCUT2D eigenvalue weighted by Gasteiger charge is -2.27. The Balaban J connectivity index is 2.81. The van der Waals surface area contributed by atoms with Crippen molar-refractivity contribution in [2.75, 3.05) is 0 Å². The first-order valence-corrected chi connectivity index (χ1v) is 7.39. The molecule has 2 unspecified atom stereocenters. The van der Waals surface area contributed by atoms with Crippen molar-refractivity contribution in [1.82, 2.24) is 5.32 Å². The van der Waals surface area contributed by atoms with Gasteiger partial charge in [-0.05, 0) is 30.7 Å². The maximum atomic E-state index is 12.2. The molecule has 1 aromatic carbocycles. The van der Waals surface area contributed by atoms with Crippen molar-refractivity contribution < 1.29 is 14.7 Å². The Hall–Kier alpha value is -1.84. The van der Waals surface area contributed by atoms with E-state index < -0.39 is 11.5 Å². The molecule has 2 N–H and O–H groups in total. The second-order valence-electron chi connectivity index (χ2n) is 6.00. The van der Waals surface area contributed by atoms with Crippen molar-refractivity contribution in [1.29, 1.82) is 0 Å². The van der Waals surface area contributed by atoms with Gasteiger partial charge in [0.15, 0.2) is 0 Å². The number of amides is 1. The van der Waals surface area contributed by atoms with E-state index in [4.69, 9.17) is 0 Å². The standard InChI is InChI=1S/C17H25NO3/c1-5-17(4,16(20)21)18-15(19)11-14(12(2)3)13-9-7-6-8-10-13/h6-10,12,14H,5,11H2,1-4H3,(H,18,19)(H,20,21). The van der Waals surface area contributed by atoms with Crippen LogP contribution in [0.2, 0.25) is 0 Å². The maximum Gasteiger partial charge on any atom is 0.329 e. The van der Waals surface area contributed by atoms with Crippen molar-refractivity contribution >= 4 is 11.9 Å². The van der Waals surface area contributed by atoms with Crippen molar-refractivity contribution in [3.63, 3.8) is 0 Å². The van der Waals surface area contributed by atoms with Crippen LogP contribution in [-0.2, 0) is 9.59 Å². The fraction of sp³-hybridized carbons (Fsp3) is 0.529. The van der Waals surface area contributed by atoms with Gasteiger partial charge in [0, 0.05) is 6.42 Å². The molecule has 0 aromatic heterocycles. The number of rotatable bonds is 7. The van der Waals surface area contributed by atoms with Crippen molar-refractivity contribution in [3.05, 3.63) is 35.9 Å². The molecule has 1 rings (SSSR count). The zero-order chi connectivity index (χ0) is 16.0. The van der Waals surface area contributed by atoms with Crippen molar-refractivity contribution in [2.24, 2.45) is 5.92 Å². The van der Waals surface area contributed by atoms with Crippen LogP contribution in [0, 0.1) is 5.92 Å². The lowest BCUT2D eigenvalue weighted by molar-refractivity contribution is -0.147. The molecule has 0 radical (unpaired) electrons. The average Bonchev–Trinajstić information content (AvgIpc) is 2.45. The predicted octanol–water partition coefficient (Wildman–Crippen LogP) is 3.19. The first-order valence-electron chi connectivity index (χ1n) is 7.39. The topological polar surface area (TPSA) is 66.4 Å². The number of hydrogen-bond donors (Lipinski definition) is 2. The highest BCUT2D eigenvalue weighted by molar-refractivity contribution is 5.86. The summed E-state index contributed by atoms with van der Waals surface area (Å²) in [4.78, 5) is 23.5. The number of carbonyl (C=O) groups excluding carboxylic acids is 1. The van der Waals surface area contributed by atoms with Crippen LogP contribution >= 0.6 is 0 Å². The molecular weight excluding hydrogens is 266 g/mol. The third-order valence-corrected chi connectivity index (χ3v) is 4.03. The molecule has 4 heteroatoms. The number of carbonyl (C=O) groups is 2.